The number of aromatic nitrogens is 3. The lowest BCUT2D eigenvalue weighted by atomic mass is 10.3. The molecular weight excluding hydrogens is 232 g/mol. The predicted molar refractivity (Wildman–Crippen MR) is 70.1 cm³/mol. The number of nitrogens with zero attached hydrogens (tertiary/aromatic N) is 3. The number of hydrogen-bond acceptors (Lipinski definition) is 4. The number of hydrogen-bond donors (Lipinski definition) is 1. The SMILES string of the molecule is CCc1csc2nc(-c3ccccn3)c(N)n12. The zero-order valence-corrected chi connectivity index (χ0v) is 10.2. The molecule has 0 unspecified atom stereocenters. The molecule has 0 fully saturated rings. The van der Waals surface area contributed by atoms with E-state index in [1.54, 1.807) is 17.5 Å². The fourth-order valence-electron chi connectivity index (χ4n) is 1.87. The van der Waals surface area contributed by atoms with Crippen LogP contribution in [-0.2, 0) is 6.42 Å². The Labute approximate surface area is 103 Å². The van der Waals surface area contributed by atoms with E-state index >= 15 is 0 Å². The zero-order valence-electron chi connectivity index (χ0n) is 9.42. The first-order valence-corrected chi connectivity index (χ1v) is 6.35. The van der Waals surface area contributed by atoms with E-state index in [1.165, 1.54) is 5.69 Å². The number of aryl methyl sites for hydroxylation is 1. The quantitative estimate of drug-likeness (QED) is 0.754. The van der Waals surface area contributed by atoms with Gasteiger partial charge in [0.2, 0.25) is 0 Å². The van der Waals surface area contributed by atoms with Crippen LogP contribution in [0.3, 0.4) is 0 Å². The van der Waals surface area contributed by atoms with Crippen molar-refractivity contribution in [3.8, 4) is 11.4 Å². The van der Waals surface area contributed by atoms with Gasteiger partial charge in [0.25, 0.3) is 0 Å². The molecule has 0 bridgehead atoms. The lowest BCUT2D eigenvalue weighted by molar-refractivity contribution is 1.01. The number of rotatable bonds is 2. The van der Waals surface area contributed by atoms with Crippen LogP contribution in [0.15, 0.2) is 29.8 Å². The Morgan fingerprint density at radius 2 is 2.29 bits per heavy atom. The molecule has 0 atom stereocenters. The van der Waals surface area contributed by atoms with E-state index in [2.05, 4.69) is 22.3 Å². The molecule has 2 N–H and O–H groups in total. The van der Waals surface area contributed by atoms with Crippen molar-refractivity contribution in [2.75, 3.05) is 5.73 Å². The highest BCUT2D eigenvalue weighted by molar-refractivity contribution is 7.15. The first-order valence-electron chi connectivity index (χ1n) is 5.47. The summed E-state index contributed by atoms with van der Waals surface area (Å²) in [7, 11) is 0. The standard InChI is InChI=1S/C12H12N4S/c1-2-8-7-17-12-15-10(11(13)16(8)12)9-5-3-4-6-14-9/h3-7H,2,13H2,1H3. The summed E-state index contributed by atoms with van der Waals surface area (Å²) in [6.45, 7) is 2.11. The van der Waals surface area contributed by atoms with E-state index in [0.717, 1.165) is 22.8 Å². The van der Waals surface area contributed by atoms with Crippen LogP contribution in [0.1, 0.15) is 12.6 Å². The topological polar surface area (TPSA) is 56.2 Å². The number of imidazole rings is 1. The van der Waals surface area contributed by atoms with Gasteiger partial charge in [-0.05, 0) is 18.6 Å². The third-order valence-corrected chi connectivity index (χ3v) is 3.61. The maximum Gasteiger partial charge on any atom is 0.196 e. The molecule has 0 saturated heterocycles. The summed E-state index contributed by atoms with van der Waals surface area (Å²) in [6.07, 6.45) is 2.70. The van der Waals surface area contributed by atoms with Gasteiger partial charge in [-0.2, -0.15) is 0 Å². The molecule has 5 heteroatoms. The summed E-state index contributed by atoms with van der Waals surface area (Å²) in [5, 5.41) is 2.10. The normalized spacial score (nSPS) is 11.1. The maximum absolute atomic E-state index is 6.16. The molecule has 0 amide bonds. The summed E-state index contributed by atoms with van der Waals surface area (Å²) in [4.78, 5) is 9.76. The second-order valence-electron chi connectivity index (χ2n) is 3.76. The molecule has 0 aliphatic rings. The molecule has 3 aromatic rings. The van der Waals surface area contributed by atoms with Crippen LogP contribution in [0, 0.1) is 0 Å². The molecule has 0 radical (unpaired) electrons. The highest BCUT2D eigenvalue weighted by atomic mass is 32.1. The van der Waals surface area contributed by atoms with Gasteiger partial charge in [-0.3, -0.25) is 9.38 Å². The summed E-state index contributed by atoms with van der Waals surface area (Å²) < 4.78 is 2.01. The first kappa shape index (κ1) is 10.3. The fourth-order valence-corrected chi connectivity index (χ4v) is 2.85. The van der Waals surface area contributed by atoms with Gasteiger partial charge >= 0.3 is 0 Å². The molecule has 0 saturated carbocycles. The lowest BCUT2D eigenvalue weighted by Crippen LogP contribution is -1.97. The predicted octanol–water partition coefficient (Wildman–Crippen LogP) is 2.60. The molecule has 0 spiro atoms. The van der Waals surface area contributed by atoms with Crippen molar-refractivity contribution in [2.24, 2.45) is 0 Å². The average Bonchev–Trinajstić information content (AvgIpc) is 2.91. The molecule has 0 aliphatic heterocycles. The minimum atomic E-state index is 0.678. The highest BCUT2D eigenvalue weighted by Crippen LogP contribution is 2.29. The Morgan fingerprint density at radius 3 is 3.00 bits per heavy atom. The molecule has 3 heterocycles. The van der Waals surface area contributed by atoms with Crippen LogP contribution >= 0.6 is 11.3 Å². The minimum absolute atomic E-state index is 0.678. The maximum atomic E-state index is 6.16. The molecule has 17 heavy (non-hydrogen) atoms. The van der Waals surface area contributed by atoms with Crippen LogP contribution in [0.4, 0.5) is 5.82 Å². The summed E-state index contributed by atoms with van der Waals surface area (Å²) in [5.74, 6) is 0.678. The van der Waals surface area contributed by atoms with Crippen molar-refractivity contribution in [2.45, 2.75) is 13.3 Å². The summed E-state index contributed by atoms with van der Waals surface area (Å²) in [6, 6.07) is 5.75. The molecule has 4 nitrogen and oxygen atoms in total. The van der Waals surface area contributed by atoms with Crippen molar-refractivity contribution in [1.82, 2.24) is 14.4 Å². The molecule has 3 rings (SSSR count). The van der Waals surface area contributed by atoms with E-state index in [0.29, 0.717) is 5.82 Å². The van der Waals surface area contributed by atoms with Gasteiger partial charge in [0.15, 0.2) is 4.96 Å². The number of nitrogens with two attached hydrogens (primary N) is 1. The number of thiazole rings is 1. The first-order chi connectivity index (χ1) is 8.31. The zero-order chi connectivity index (χ0) is 11.8. The third-order valence-electron chi connectivity index (χ3n) is 2.74. The second kappa shape index (κ2) is 3.85. The molecule has 86 valence electrons. The van der Waals surface area contributed by atoms with Crippen LogP contribution in [0.2, 0.25) is 0 Å². The Kier molecular flexibility index (Phi) is 2.33. The monoisotopic (exact) mass is 244 g/mol. The van der Waals surface area contributed by atoms with Crippen molar-refractivity contribution in [3.63, 3.8) is 0 Å². The second-order valence-corrected chi connectivity index (χ2v) is 4.60. The molecule has 3 aromatic heterocycles. The molecular formula is C12H12N4S. The Balaban J connectivity index is 2.25. The van der Waals surface area contributed by atoms with Crippen molar-refractivity contribution in [3.05, 3.63) is 35.5 Å². The summed E-state index contributed by atoms with van der Waals surface area (Å²) in [5.41, 5.74) is 8.94. The van der Waals surface area contributed by atoms with Gasteiger partial charge in [-0.15, -0.1) is 11.3 Å². The number of nitrogen functional groups attached to an aromatic ring is 1. The average molecular weight is 244 g/mol. The van der Waals surface area contributed by atoms with E-state index in [-0.39, 0.29) is 0 Å². The van der Waals surface area contributed by atoms with Crippen molar-refractivity contribution >= 4 is 22.1 Å². The Morgan fingerprint density at radius 1 is 1.41 bits per heavy atom. The lowest BCUT2D eigenvalue weighted by Gasteiger charge is -1.99. The number of pyridine rings is 1. The highest BCUT2D eigenvalue weighted by Gasteiger charge is 2.15. The van der Waals surface area contributed by atoms with Crippen LogP contribution in [-0.4, -0.2) is 14.4 Å². The van der Waals surface area contributed by atoms with Crippen LogP contribution in [0.25, 0.3) is 16.3 Å². The van der Waals surface area contributed by atoms with Gasteiger partial charge in [-0.25, -0.2) is 4.98 Å². The number of anilines is 1. The van der Waals surface area contributed by atoms with Gasteiger partial charge in [-0.1, -0.05) is 13.0 Å². The number of fused-ring (bicyclic) bond motifs is 1. The van der Waals surface area contributed by atoms with Crippen LogP contribution < -0.4 is 5.73 Å². The van der Waals surface area contributed by atoms with Gasteiger partial charge in [0, 0.05) is 17.3 Å². The fraction of sp³-hybridized carbons (Fsp3) is 0.167. The van der Waals surface area contributed by atoms with E-state index < -0.39 is 0 Å². The Bertz CT molecular complexity index is 654. The van der Waals surface area contributed by atoms with E-state index in [9.17, 15) is 0 Å². The van der Waals surface area contributed by atoms with Crippen molar-refractivity contribution < 1.29 is 0 Å². The van der Waals surface area contributed by atoms with E-state index in [4.69, 9.17) is 5.73 Å². The Hall–Kier alpha value is -1.88. The molecule has 0 aliphatic carbocycles. The van der Waals surface area contributed by atoms with Crippen LogP contribution in [0.5, 0.6) is 0 Å². The van der Waals surface area contributed by atoms with Crippen molar-refractivity contribution in [1.29, 1.82) is 0 Å². The molecule has 0 aromatic carbocycles. The largest absolute Gasteiger partial charge is 0.383 e. The van der Waals surface area contributed by atoms with E-state index in [1.807, 2.05) is 22.6 Å². The summed E-state index contributed by atoms with van der Waals surface area (Å²) >= 11 is 1.61. The smallest absolute Gasteiger partial charge is 0.196 e. The van der Waals surface area contributed by atoms with Gasteiger partial charge < -0.3 is 5.73 Å². The third kappa shape index (κ3) is 1.51. The van der Waals surface area contributed by atoms with Gasteiger partial charge in [0.05, 0.1) is 5.69 Å². The van der Waals surface area contributed by atoms with Gasteiger partial charge in [0.1, 0.15) is 11.5 Å². The minimum Gasteiger partial charge on any atom is -0.383 e.